The summed E-state index contributed by atoms with van der Waals surface area (Å²) in [5, 5.41) is 3.57. The van der Waals surface area contributed by atoms with E-state index in [2.05, 4.69) is 12.2 Å². The lowest BCUT2D eigenvalue weighted by atomic mass is 10.1. The first-order valence-electron chi connectivity index (χ1n) is 6.33. The van der Waals surface area contributed by atoms with E-state index in [0.717, 1.165) is 19.4 Å². The Morgan fingerprint density at radius 2 is 2.25 bits per heavy atom. The Bertz CT molecular complexity index is 349. The number of unbranched alkanes of at least 4 members (excludes halogenated alkanes) is 2. The monoisotopic (exact) mass is 221 g/mol. The average molecular weight is 221 g/mol. The molecule has 1 N–H and O–H groups in total. The molecule has 2 rings (SSSR count). The summed E-state index contributed by atoms with van der Waals surface area (Å²) < 4.78 is 13.0. The highest BCUT2D eigenvalue weighted by molar-refractivity contribution is 5.34. The van der Waals surface area contributed by atoms with Gasteiger partial charge in [0.2, 0.25) is 0 Å². The van der Waals surface area contributed by atoms with Crippen LogP contribution in [0.1, 0.15) is 49.8 Å². The van der Waals surface area contributed by atoms with E-state index in [-0.39, 0.29) is 5.82 Å². The molecule has 1 aliphatic carbocycles. The summed E-state index contributed by atoms with van der Waals surface area (Å²) in [5.41, 5.74) is 2.49. The molecule has 1 atom stereocenters. The lowest BCUT2D eigenvalue weighted by Gasteiger charge is -2.13. The largest absolute Gasteiger partial charge is 0.310 e. The van der Waals surface area contributed by atoms with Crippen LogP contribution in [-0.4, -0.2) is 6.54 Å². The molecule has 0 heterocycles. The molecule has 0 fully saturated rings. The molecule has 0 saturated carbocycles. The number of hydrogen-bond acceptors (Lipinski definition) is 1. The molecular weight excluding hydrogens is 201 g/mol. The van der Waals surface area contributed by atoms with Gasteiger partial charge in [-0.25, -0.2) is 4.39 Å². The topological polar surface area (TPSA) is 12.0 Å². The third kappa shape index (κ3) is 2.62. The Hall–Kier alpha value is -0.890. The molecule has 1 unspecified atom stereocenters. The van der Waals surface area contributed by atoms with E-state index in [1.54, 1.807) is 12.1 Å². The predicted octanol–water partition coefficient (Wildman–Crippen LogP) is 3.59. The molecule has 1 aromatic rings. The highest BCUT2D eigenvalue weighted by Gasteiger charge is 2.21. The van der Waals surface area contributed by atoms with Gasteiger partial charge in [-0.2, -0.15) is 0 Å². The second kappa shape index (κ2) is 5.44. The zero-order valence-electron chi connectivity index (χ0n) is 9.93. The van der Waals surface area contributed by atoms with E-state index >= 15 is 0 Å². The van der Waals surface area contributed by atoms with Crippen molar-refractivity contribution in [1.82, 2.24) is 5.32 Å². The van der Waals surface area contributed by atoms with Gasteiger partial charge in [0.1, 0.15) is 5.82 Å². The number of aryl methyl sites for hydroxylation is 1. The smallest absolute Gasteiger partial charge is 0.123 e. The summed E-state index contributed by atoms with van der Waals surface area (Å²) in [4.78, 5) is 0. The summed E-state index contributed by atoms with van der Waals surface area (Å²) in [6.45, 7) is 3.29. The summed E-state index contributed by atoms with van der Waals surface area (Å²) in [7, 11) is 0. The van der Waals surface area contributed by atoms with Crippen molar-refractivity contribution in [3.63, 3.8) is 0 Å². The van der Waals surface area contributed by atoms with E-state index < -0.39 is 0 Å². The van der Waals surface area contributed by atoms with Crippen LogP contribution in [0.4, 0.5) is 4.39 Å². The number of benzene rings is 1. The highest BCUT2D eigenvalue weighted by Crippen LogP contribution is 2.31. The van der Waals surface area contributed by atoms with E-state index in [1.807, 2.05) is 6.07 Å². The second-order valence-corrected chi connectivity index (χ2v) is 4.60. The van der Waals surface area contributed by atoms with Gasteiger partial charge in [-0.3, -0.25) is 0 Å². The maximum Gasteiger partial charge on any atom is 0.123 e. The van der Waals surface area contributed by atoms with E-state index in [1.165, 1.54) is 30.4 Å². The van der Waals surface area contributed by atoms with Crippen LogP contribution in [0.2, 0.25) is 0 Å². The molecule has 0 amide bonds. The summed E-state index contributed by atoms with van der Waals surface area (Å²) in [6, 6.07) is 5.65. The van der Waals surface area contributed by atoms with Crippen molar-refractivity contribution in [3.8, 4) is 0 Å². The van der Waals surface area contributed by atoms with Gasteiger partial charge in [-0.1, -0.05) is 25.8 Å². The minimum atomic E-state index is -0.106. The minimum Gasteiger partial charge on any atom is -0.310 e. The van der Waals surface area contributed by atoms with Crippen molar-refractivity contribution in [1.29, 1.82) is 0 Å². The maximum atomic E-state index is 13.0. The van der Waals surface area contributed by atoms with Gasteiger partial charge < -0.3 is 5.32 Å². The van der Waals surface area contributed by atoms with E-state index in [0.29, 0.717) is 6.04 Å². The first kappa shape index (κ1) is 11.6. The van der Waals surface area contributed by atoms with Crippen LogP contribution < -0.4 is 5.32 Å². The molecule has 0 aromatic heterocycles. The van der Waals surface area contributed by atoms with E-state index in [4.69, 9.17) is 0 Å². The first-order valence-corrected chi connectivity index (χ1v) is 6.33. The average Bonchev–Trinajstić information content (AvgIpc) is 2.67. The molecule has 2 heteroatoms. The van der Waals surface area contributed by atoms with Gasteiger partial charge in [-0.15, -0.1) is 0 Å². The Balaban J connectivity index is 1.91. The molecule has 0 aliphatic heterocycles. The van der Waals surface area contributed by atoms with Crippen LogP contribution in [0, 0.1) is 5.82 Å². The molecule has 0 radical (unpaired) electrons. The molecule has 0 bridgehead atoms. The number of fused-ring (bicyclic) bond motifs is 1. The van der Waals surface area contributed by atoms with Crippen LogP contribution in [0.5, 0.6) is 0 Å². The predicted molar refractivity (Wildman–Crippen MR) is 65.0 cm³/mol. The van der Waals surface area contributed by atoms with Crippen molar-refractivity contribution in [2.24, 2.45) is 0 Å². The Kier molecular flexibility index (Phi) is 3.94. The van der Waals surface area contributed by atoms with Crippen molar-refractivity contribution < 1.29 is 4.39 Å². The van der Waals surface area contributed by atoms with Crippen LogP contribution in [0.3, 0.4) is 0 Å². The van der Waals surface area contributed by atoms with Gasteiger partial charge in [-0.05, 0) is 49.1 Å². The fourth-order valence-corrected chi connectivity index (χ4v) is 2.45. The zero-order valence-corrected chi connectivity index (χ0v) is 9.93. The van der Waals surface area contributed by atoms with Crippen molar-refractivity contribution in [2.75, 3.05) is 6.54 Å². The van der Waals surface area contributed by atoms with Gasteiger partial charge >= 0.3 is 0 Å². The summed E-state index contributed by atoms with van der Waals surface area (Å²) in [6.07, 6.45) is 5.91. The number of hydrogen-bond donors (Lipinski definition) is 1. The molecule has 1 aliphatic rings. The van der Waals surface area contributed by atoms with Crippen molar-refractivity contribution >= 4 is 0 Å². The molecule has 16 heavy (non-hydrogen) atoms. The van der Waals surface area contributed by atoms with Gasteiger partial charge in [0.05, 0.1) is 0 Å². The standard InChI is InChI=1S/C14H20FN/c1-2-3-4-9-16-14-8-5-11-10-12(15)6-7-13(11)14/h6-7,10,14,16H,2-5,8-9H2,1H3. The van der Waals surface area contributed by atoms with E-state index in [9.17, 15) is 4.39 Å². The molecule has 88 valence electrons. The van der Waals surface area contributed by atoms with Gasteiger partial charge in [0, 0.05) is 6.04 Å². The highest BCUT2D eigenvalue weighted by atomic mass is 19.1. The van der Waals surface area contributed by atoms with Crippen LogP contribution in [-0.2, 0) is 6.42 Å². The fraction of sp³-hybridized carbons (Fsp3) is 0.571. The maximum absolute atomic E-state index is 13.0. The number of halogens is 1. The molecule has 0 spiro atoms. The Morgan fingerprint density at radius 1 is 1.38 bits per heavy atom. The lowest BCUT2D eigenvalue weighted by Crippen LogP contribution is -2.20. The van der Waals surface area contributed by atoms with Crippen LogP contribution >= 0.6 is 0 Å². The summed E-state index contributed by atoms with van der Waals surface area (Å²) in [5.74, 6) is -0.106. The SMILES string of the molecule is CCCCCNC1CCc2cc(F)ccc21. The quantitative estimate of drug-likeness (QED) is 0.749. The first-order chi connectivity index (χ1) is 7.81. The van der Waals surface area contributed by atoms with Crippen molar-refractivity contribution in [3.05, 3.63) is 35.1 Å². The van der Waals surface area contributed by atoms with Crippen molar-refractivity contribution in [2.45, 2.75) is 45.1 Å². The summed E-state index contributed by atoms with van der Waals surface area (Å²) >= 11 is 0. The third-order valence-corrected chi connectivity index (χ3v) is 3.35. The number of nitrogens with one attached hydrogen (secondary N) is 1. The zero-order chi connectivity index (χ0) is 11.4. The molecule has 1 aromatic carbocycles. The third-order valence-electron chi connectivity index (χ3n) is 3.35. The van der Waals surface area contributed by atoms with Gasteiger partial charge in [0.15, 0.2) is 0 Å². The second-order valence-electron chi connectivity index (χ2n) is 4.60. The number of rotatable bonds is 5. The Morgan fingerprint density at radius 3 is 3.06 bits per heavy atom. The van der Waals surface area contributed by atoms with Gasteiger partial charge in [0.25, 0.3) is 0 Å². The fourth-order valence-electron chi connectivity index (χ4n) is 2.45. The lowest BCUT2D eigenvalue weighted by molar-refractivity contribution is 0.511. The molecule has 0 saturated heterocycles. The molecule has 1 nitrogen and oxygen atoms in total. The Labute approximate surface area is 97.1 Å². The van der Waals surface area contributed by atoms with Crippen LogP contribution in [0.25, 0.3) is 0 Å². The molecular formula is C14H20FN. The van der Waals surface area contributed by atoms with Crippen LogP contribution in [0.15, 0.2) is 18.2 Å². The minimum absolute atomic E-state index is 0.106. The normalized spacial score (nSPS) is 18.8.